The van der Waals surface area contributed by atoms with Crippen molar-refractivity contribution in [3.63, 3.8) is 0 Å². The number of benzene rings is 2. The van der Waals surface area contributed by atoms with E-state index in [0.29, 0.717) is 5.17 Å². The lowest BCUT2D eigenvalue weighted by Crippen LogP contribution is -2.40. The summed E-state index contributed by atoms with van der Waals surface area (Å²) in [6, 6.07) is 14.4. The van der Waals surface area contributed by atoms with Crippen LogP contribution < -0.4 is 10.2 Å². The molecule has 1 aliphatic rings. The molecule has 22 heavy (non-hydrogen) atoms. The van der Waals surface area contributed by atoms with Gasteiger partial charge in [0.15, 0.2) is 0 Å². The summed E-state index contributed by atoms with van der Waals surface area (Å²) < 4.78 is 6.92. The molecule has 0 saturated carbocycles. The van der Waals surface area contributed by atoms with Gasteiger partial charge in [-0.1, -0.05) is 15.9 Å². The Labute approximate surface area is 144 Å². The maximum Gasteiger partial charge on any atom is 0.264 e. The molecule has 0 unspecified atom stereocenters. The second-order valence-corrected chi connectivity index (χ2v) is 7.07. The van der Waals surface area contributed by atoms with Crippen LogP contribution in [0, 0.1) is 0 Å². The highest BCUT2D eigenvalue weighted by Crippen LogP contribution is 2.40. The van der Waals surface area contributed by atoms with Crippen LogP contribution in [0.15, 0.2) is 46.9 Å². The van der Waals surface area contributed by atoms with E-state index in [4.69, 9.17) is 17.0 Å². The first-order valence-electron chi connectivity index (χ1n) is 7.01. The van der Waals surface area contributed by atoms with E-state index in [-0.39, 0.29) is 0 Å². The minimum Gasteiger partial charge on any atom is -0.460 e. The third-order valence-corrected chi connectivity index (χ3v) is 4.64. The summed E-state index contributed by atoms with van der Waals surface area (Å²) in [7, 11) is 1.93. The molecule has 2 aromatic carbocycles. The number of hydrogen-bond acceptors (Lipinski definition) is 3. The molecule has 0 spiro atoms. The SMILES string of the molecule is CN1C(=S)OC(C)(C)c2cc(Nc3ccc(Br)cc3)ccc21. The van der Waals surface area contributed by atoms with Crippen LogP contribution in [0.4, 0.5) is 17.1 Å². The molecule has 1 heterocycles. The second kappa shape index (κ2) is 5.56. The zero-order valence-corrected chi connectivity index (χ0v) is 15.1. The molecule has 114 valence electrons. The first-order chi connectivity index (χ1) is 10.4. The molecule has 5 heteroatoms. The summed E-state index contributed by atoms with van der Waals surface area (Å²) in [4.78, 5) is 1.90. The zero-order valence-electron chi connectivity index (χ0n) is 12.7. The van der Waals surface area contributed by atoms with Crippen molar-refractivity contribution < 1.29 is 4.74 Å². The Balaban J connectivity index is 1.96. The van der Waals surface area contributed by atoms with E-state index in [2.05, 4.69) is 39.4 Å². The molecular formula is C17H17BrN2OS. The molecule has 0 radical (unpaired) electrons. The minimum atomic E-state index is -0.434. The number of nitrogens with zero attached hydrogens (tertiary/aromatic N) is 1. The van der Waals surface area contributed by atoms with Crippen LogP contribution in [-0.2, 0) is 10.3 Å². The number of thiocarbonyl (C=S) groups is 1. The predicted molar refractivity (Wildman–Crippen MR) is 99.0 cm³/mol. The standard InChI is InChI=1S/C17H17BrN2OS/c1-17(2)14-10-13(19-12-6-4-11(18)5-7-12)8-9-15(14)20(3)16(22)21-17/h4-10,19H,1-3H3. The number of anilines is 3. The molecule has 0 aromatic heterocycles. The molecule has 0 saturated heterocycles. The fourth-order valence-corrected chi connectivity index (χ4v) is 3.10. The lowest BCUT2D eigenvalue weighted by atomic mass is 9.93. The van der Waals surface area contributed by atoms with Gasteiger partial charge in [0.2, 0.25) is 0 Å². The van der Waals surface area contributed by atoms with Gasteiger partial charge >= 0.3 is 0 Å². The van der Waals surface area contributed by atoms with E-state index in [1.54, 1.807) is 0 Å². The average molecular weight is 377 g/mol. The van der Waals surface area contributed by atoms with Crippen LogP contribution in [-0.4, -0.2) is 12.2 Å². The van der Waals surface area contributed by atoms with Crippen LogP contribution in [0.1, 0.15) is 19.4 Å². The summed E-state index contributed by atoms with van der Waals surface area (Å²) >= 11 is 8.73. The quantitative estimate of drug-likeness (QED) is 0.729. The smallest absolute Gasteiger partial charge is 0.264 e. The van der Waals surface area contributed by atoms with E-state index in [0.717, 1.165) is 27.1 Å². The third-order valence-electron chi connectivity index (χ3n) is 3.76. The normalized spacial score (nSPS) is 16.0. The maximum absolute atomic E-state index is 5.86. The Morgan fingerprint density at radius 3 is 2.41 bits per heavy atom. The largest absolute Gasteiger partial charge is 0.460 e. The molecule has 1 aliphatic heterocycles. The van der Waals surface area contributed by atoms with Crippen LogP contribution in [0.25, 0.3) is 0 Å². The highest BCUT2D eigenvalue weighted by molar-refractivity contribution is 9.10. The Hall–Kier alpha value is -1.59. The lowest BCUT2D eigenvalue weighted by Gasteiger charge is -2.39. The van der Waals surface area contributed by atoms with Gasteiger partial charge < -0.3 is 15.0 Å². The van der Waals surface area contributed by atoms with Crippen molar-refractivity contribution in [3.8, 4) is 0 Å². The van der Waals surface area contributed by atoms with E-state index >= 15 is 0 Å². The van der Waals surface area contributed by atoms with Crippen molar-refractivity contribution in [3.05, 3.63) is 52.5 Å². The van der Waals surface area contributed by atoms with Gasteiger partial charge in [0.25, 0.3) is 5.17 Å². The lowest BCUT2D eigenvalue weighted by molar-refractivity contribution is 0.0904. The van der Waals surface area contributed by atoms with Gasteiger partial charge in [-0.2, -0.15) is 0 Å². The first kappa shape index (κ1) is 15.3. The molecule has 0 aliphatic carbocycles. The average Bonchev–Trinajstić information content (AvgIpc) is 2.47. The summed E-state index contributed by atoms with van der Waals surface area (Å²) in [5.41, 5.74) is 3.84. The van der Waals surface area contributed by atoms with Gasteiger partial charge in [0.1, 0.15) is 5.60 Å². The summed E-state index contributed by atoms with van der Waals surface area (Å²) in [6.45, 7) is 4.07. The Morgan fingerprint density at radius 2 is 1.73 bits per heavy atom. The molecule has 3 rings (SSSR count). The molecule has 3 nitrogen and oxygen atoms in total. The van der Waals surface area contributed by atoms with Crippen molar-refractivity contribution in [2.75, 3.05) is 17.3 Å². The molecule has 0 bridgehead atoms. The van der Waals surface area contributed by atoms with Crippen molar-refractivity contribution in [1.29, 1.82) is 0 Å². The fraction of sp³-hybridized carbons (Fsp3) is 0.235. The monoisotopic (exact) mass is 376 g/mol. The molecule has 0 amide bonds. The topological polar surface area (TPSA) is 24.5 Å². The van der Waals surface area contributed by atoms with E-state index < -0.39 is 5.60 Å². The van der Waals surface area contributed by atoms with Crippen LogP contribution in [0.2, 0.25) is 0 Å². The molecule has 2 aromatic rings. The summed E-state index contributed by atoms with van der Waals surface area (Å²) in [5.74, 6) is 0. The Morgan fingerprint density at radius 1 is 1.09 bits per heavy atom. The fourth-order valence-electron chi connectivity index (χ4n) is 2.53. The number of fused-ring (bicyclic) bond motifs is 1. The number of rotatable bonds is 2. The number of ether oxygens (including phenoxy) is 1. The molecule has 1 N–H and O–H groups in total. The molecule has 0 atom stereocenters. The minimum absolute atomic E-state index is 0.434. The molecular weight excluding hydrogens is 360 g/mol. The Bertz CT molecular complexity index is 728. The van der Waals surface area contributed by atoms with Gasteiger partial charge in [-0.25, -0.2) is 0 Å². The van der Waals surface area contributed by atoms with Crippen molar-refractivity contribution in [2.45, 2.75) is 19.4 Å². The van der Waals surface area contributed by atoms with Crippen LogP contribution in [0.3, 0.4) is 0 Å². The number of hydrogen-bond donors (Lipinski definition) is 1. The summed E-state index contributed by atoms with van der Waals surface area (Å²) in [5, 5.41) is 3.92. The number of nitrogens with one attached hydrogen (secondary N) is 1. The van der Waals surface area contributed by atoms with Crippen LogP contribution in [0.5, 0.6) is 0 Å². The number of halogens is 1. The predicted octanol–water partition coefficient (Wildman–Crippen LogP) is 5.18. The van der Waals surface area contributed by atoms with E-state index in [1.807, 2.05) is 50.1 Å². The van der Waals surface area contributed by atoms with Gasteiger partial charge in [-0.3, -0.25) is 0 Å². The van der Waals surface area contributed by atoms with Gasteiger partial charge in [-0.05, 0) is 68.5 Å². The van der Waals surface area contributed by atoms with Crippen molar-refractivity contribution >= 4 is 50.4 Å². The van der Waals surface area contributed by atoms with Crippen molar-refractivity contribution in [2.24, 2.45) is 0 Å². The van der Waals surface area contributed by atoms with Crippen LogP contribution >= 0.6 is 28.1 Å². The Kier molecular flexibility index (Phi) is 3.87. The zero-order chi connectivity index (χ0) is 15.9. The van der Waals surface area contributed by atoms with Gasteiger partial charge in [0.05, 0.1) is 5.69 Å². The highest BCUT2D eigenvalue weighted by atomic mass is 79.9. The second-order valence-electron chi connectivity index (χ2n) is 5.80. The summed E-state index contributed by atoms with van der Waals surface area (Å²) in [6.07, 6.45) is 0. The third kappa shape index (κ3) is 2.83. The van der Waals surface area contributed by atoms with Gasteiger partial charge in [0, 0.05) is 28.5 Å². The van der Waals surface area contributed by atoms with E-state index in [1.165, 1.54) is 0 Å². The van der Waals surface area contributed by atoms with E-state index in [9.17, 15) is 0 Å². The van der Waals surface area contributed by atoms with Crippen molar-refractivity contribution in [1.82, 2.24) is 0 Å². The first-order valence-corrected chi connectivity index (χ1v) is 8.21. The maximum atomic E-state index is 5.86. The highest BCUT2D eigenvalue weighted by Gasteiger charge is 2.34. The molecule has 0 fully saturated rings. The van der Waals surface area contributed by atoms with Gasteiger partial charge in [-0.15, -0.1) is 0 Å².